The fraction of sp³-hybridized carbons (Fsp3) is 0.320. The minimum Gasteiger partial charge on any atom is -0.448 e. The molecule has 4 amide bonds. The molecule has 0 aromatic heterocycles. The monoisotopic (exact) mass is 1050 g/mol. The first kappa shape index (κ1) is 52.4. The lowest BCUT2D eigenvalue weighted by molar-refractivity contribution is -0.122. The first-order valence-electron chi connectivity index (χ1n) is 22.6. The standard InChI is InChI=1S/C50H55Cl2N7O10S2/c1-50(2,3)69-48(62)53-20-21-58(49(63)68-32-44-41-12-8-6-10-39(41)40-11-7-9-13-42(40)44)31-46(60)54-30-33-14-19-45(56(4)70(5,64)65)43(26-33)47(61)55-36-15-17-38(18-16-36)71(66,67)59-24-22-57(23-25-59)37-28-34(51)27-35(52)29-37/h6-19,26-29,44H,20-25,30-32H2,1-5H3,(H,53,62)(H,54,60)(H,55,61). The van der Waals surface area contributed by atoms with Crippen LogP contribution in [0, 0.1) is 0 Å². The summed E-state index contributed by atoms with van der Waals surface area (Å²) in [4.78, 5) is 56.9. The number of anilines is 3. The van der Waals surface area contributed by atoms with Crippen LogP contribution >= 0.6 is 23.2 Å². The molecular formula is C50H55Cl2N7O10S2. The summed E-state index contributed by atoms with van der Waals surface area (Å²) in [6, 6.07) is 30.9. The van der Waals surface area contributed by atoms with E-state index in [4.69, 9.17) is 32.7 Å². The van der Waals surface area contributed by atoms with Gasteiger partial charge in [-0.25, -0.2) is 26.4 Å². The lowest BCUT2D eigenvalue weighted by atomic mass is 9.98. The Bertz CT molecular complexity index is 2970. The maximum absolute atomic E-state index is 13.9. The molecule has 1 aliphatic carbocycles. The van der Waals surface area contributed by atoms with E-state index in [2.05, 4.69) is 16.0 Å². The predicted octanol–water partition coefficient (Wildman–Crippen LogP) is 7.54. The summed E-state index contributed by atoms with van der Waals surface area (Å²) in [6.07, 6.45) is -0.503. The molecule has 5 aromatic rings. The van der Waals surface area contributed by atoms with Gasteiger partial charge in [-0.15, -0.1) is 0 Å². The summed E-state index contributed by atoms with van der Waals surface area (Å²) in [5.74, 6) is -1.55. The number of carbonyl (C=O) groups excluding carboxylic acids is 4. The first-order chi connectivity index (χ1) is 33.6. The molecule has 0 radical (unpaired) electrons. The molecule has 0 saturated carbocycles. The smallest absolute Gasteiger partial charge is 0.410 e. The van der Waals surface area contributed by atoms with Crippen molar-refractivity contribution in [3.8, 4) is 11.1 Å². The number of ether oxygens (including phenoxy) is 2. The maximum Gasteiger partial charge on any atom is 0.410 e. The van der Waals surface area contributed by atoms with E-state index in [9.17, 15) is 36.0 Å². The number of amides is 4. The third-order valence-electron chi connectivity index (χ3n) is 11.8. The molecule has 5 aromatic carbocycles. The van der Waals surface area contributed by atoms with Crippen LogP contribution in [0.5, 0.6) is 0 Å². The van der Waals surface area contributed by atoms with E-state index in [1.165, 1.54) is 52.7 Å². The predicted molar refractivity (Wildman–Crippen MR) is 274 cm³/mol. The molecule has 17 nitrogen and oxygen atoms in total. The van der Waals surface area contributed by atoms with Gasteiger partial charge < -0.3 is 30.3 Å². The van der Waals surface area contributed by atoms with E-state index < -0.39 is 56.2 Å². The fourth-order valence-corrected chi connectivity index (χ4v) is 10.7. The molecule has 0 unspecified atom stereocenters. The van der Waals surface area contributed by atoms with Crippen LogP contribution in [0.3, 0.4) is 0 Å². The Balaban J connectivity index is 1.01. The molecule has 0 spiro atoms. The summed E-state index contributed by atoms with van der Waals surface area (Å²) in [6.45, 7) is 5.62. The molecule has 0 bridgehead atoms. The zero-order valence-corrected chi connectivity index (χ0v) is 42.9. The Hall–Kier alpha value is -6.38. The molecular weight excluding hydrogens is 994 g/mol. The third-order valence-corrected chi connectivity index (χ3v) is 15.4. The van der Waals surface area contributed by atoms with Crippen LogP contribution in [-0.4, -0.2) is 121 Å². The van der Waals surface area contributed by atoms with Crippen LogP contribution in [0.4, 0.5) is 26.7 Å². The van der Waals surface area contributed by atoms with Gasteiger partial charge >= 0.3 is 12.2 Å². The van der Waals surface area contributed by atoms with Crippen molar-refractivity contribution in [1.82, 2.24) is 19.8 Å². The van der Waals surface area contributed by atoms with Gasteiger partial charge in [-0.2, -0.15) is 4.31 Å². The molecule has 7 rings (SSSR count). The van der Waals surface area contributed by atoms with Gasteiger partial charge in [0.15, 0.2) is 0 Å². The molecule has 3 N–H and O–H groups in total. The molecule has 1 fully saturated rings. The van der Waals surface area contributed by atoms with Gasteiger partial charge in [-0.1, -0.05) is 77.8 Å². The summed E-state index contributed by atoms with van der Waals surface area (Å²) >= 11 is 12.4. The summed E-state index contributed by atoms with van der Waals surface area (Å²) in [5.41, 5.74) is 4.75. The number of nitrogens with zero attached hydrogens (tertiary/aromatic N) is 4. The highest BCUT2D eigenvalue weighted by atomic mass is 35.5. The second-order valence-electron chi connectivity index (χ2n) is 18.0. The van der Waals surface area contributed by atoms with E-state index in [0.717, 1.165) is 38.5 Å². The zero-order chi connectivity index (χ0) is 51.3. The Morgan fingerprint density at radius 1 is 0.775 bits per heavy atom. The average Bonchev–Trinajstić information content (AvgIpc) is 3.64. The molecule has 1 saturated heterocycles. The first-order valence-corrected chi connectivity index (χ1v) is 26.6. The van der Waals surface area contributed by atoms with E-state index in [0.29, 0.717) is 28.7 Å². The van der Waals surface area contributed by atoms with Crippen LogP contribution in [0.25, 0.3) is 11.1 Å². The highest BCUT2D eigenvalue weighted by Gasteiger charge is 2.32. The number of rotatable bonds is 16. The number of benzene rings is 5. The zero-order valence-electron chi connectivity index (χ0n) is 39.8. The number of carbonyl (C=O) groups is 4. The van der Waals surface area contributed by atoms with Crippen LogP contribution in [0.15, 0.2) is 114 Å². The third kappa shape index (κ3) is 13.1. The number of hydrogen-bond acceptors (Lipinski definition) is 11. The number of nitrogens with one attached hydrogen (secondary N) is 3. The molecule has 1 heterocycles. The minimum atomic E-state index is -3.90. The van der Waals surface area contributed by atoms with Gasteiger partial charge in [0.1, 0.15) is 18.8 Å². The molecule has 21 heteroatoms. The average molecular weight is 1050 g/mol. The molecule has 71 heavy (non-hydrogen) atoms. The molecule has 376 valence electrons. The Morgan fingerprint density at radius 3 is 1.97 bits per heavy atom. The van der Waals surface area contributed by atoms with E-state index in [1.54, 1.807) is 45.0 Å². The van der Waals surface area contributed by atoms with Crippen LogP contribution in [0.2, 0.25) is 10.0 Å². The highest BCUT2D eigenvalue weighted by molar-refractivity contribution is 7.92. The van der Waals surface area contributed by atoms with Crippen molar-refractivity contribution >= 4 is 84.3 Å². The number of alkyl carbamates (subject to hydrolysis) is 1. The van der Waals surface area contributed by atoms with Crippen LogP contribution < -0.4 is 25.2 Å². The maximum atomic E-state index is 13.9. The quantitative estimate of drug-likeness (QED) is 0.0881. The van der Waals surface area contributed by atoms with E-state index in [1.807, 2.05) is 53.4 Å². The van der Waals surface area contributed by atoms with Gasteiger partial charge in [0, 0.05) is 80.2 Å². The Morgan fingerprint density at radius 2 is 1.38 bits per heavy atom. The van der Waals surface area contributed by atoms with Crippen molar-refractivity contribution in [2.45, 2.75) is 43.7 Å². The lowest BCUT2D eigenvalue weighted by Gasteiger charge is -2.35. The van der Waals surface area contributed by atoms with E-state index in [-0.39, 0.29) is 67.1 Å². The van der Waals surface area contributed by atoms with Crippen molar-refractivity contribution in [1.29, 1.82) is 0 Å². The topological polar surface area (TPSA) is 204 Å². The lowest BCUT2D eigenvalue weighted by Crippen LogP contribution is -2.48. The van der Waals surface area contributed by atoms with Crippen molar-refractivity contribution < 1.29 is 45.5 Å². The normalized spacial score (nSPS) is 13.9. The van der Waals surface area contributed by atoms with Gasteiger partial charge in [0.2, 0.25) is 26.0 Å². The van der Waals surface area contributed by atoms with Gasteiger partial charge in [-0.3, -0.25) is 18.8 Å². The fourth-order valence-electron chi connectivity index (χ4n) is 8.25. The Labute approximate surface area is 424 Å². The molecule has 0 atom stereocenters. The summed E-state index contributed by atoms with van der Waals surface area (Å²) < 4.78 is 66.2. The largest absolute Gasteiger partial charge is 0.448 e. The molecule has 1 aliphatic heterocycles. The Kier molecular flexibility index (Phi) is 16.2. The van der Waals surface area contributed by atoms with Crippen molar-refractivity contribution in [2.75, 3.05) is 80.2 Å². The number of piperazine rings is 1. The van der Waals surface area contributed by atoms with Crippen molar-refractivity contribution in [3.05, 3.63) is 141 Å². The number of fused-ring (bicyclic) bond motifs is 3. The number of sulfonamides is 2. The minimum absolute atomic E-state index is 0.00669. The van der Waals surface area contributed by atoms with Crippen molar-refractivity contribution in [2.24, 2.45) is 0 Å². The van der Waals surface area contributed by atoms with Crippen LogP contribution in [0.1, 0.15) is 53.7 Å². The van der Waals surface area contributed by atoms with E-state index >= 15 is 0 Å². The van der Waals surface area contributed by atoms with Gasteiger partial charge in [0.25, 0.3) is 5.91 Å². The second kappa shape index (κ2) is 21.9. The SMILES string of the molecule is CN(c1ccc(CNC(=O)CN(CCNC(=O)OC(C)(C)C)C(=O)OCC2c3ccccc3-c3ccccc32)cc1C(=O)Nc1ccc(S(=O)(=O)N2CCN(c3cc(Cl)cc(Cl)c3)CC2)cc1)S(C)(=O)=O. The van der Waals surface area contributed by atoms with Gasteiger partial charge in [0.05, 0.1) is 22.4 Å². The number of hydrogen-bond donors (Lipinski definition) is 3. The second-order valence-corrected chi connectivity index (χ2v) is 22.8. The molecule has 2 aliphatic rings. The summed E-state index contributed by atoms with van der Waals surface area (Å²) in [7, 11) is -6.46. The van der Waals surface area contributed by atoms with Gasteiger partial charge in [-0.05, 0) is 103 Å². The van der Waals surface area contributed by atoms with Crippen LogP contribution in [-0.2, 0) is 40.9 Å². The highest BCUT2D eigenvalue weighted by Crippen LogP contribution is 2.44. The number of halogens is 2. The van der Waals surface area contributed by atoms with Crippen molar-refractivity contribution in [3.63, 3.8) is 0 Å². The summed E-state index contributed by atoms with van der Waals surface area (Å²) in [5, 5.41) is 9.04.